The van der Waals surface area contributed by atoms with Crippen molar-refractivity contribution in [2.75, 3.05) is 24.9 Å². The highest BCUT2D eigenvalue weighted by Crippen LogP contribution is 2.35. The molecular weight excluding hydrogens is 375 g/mol. The van der Waals surface area contributed by atoms with Crippen molar-refractivity contribution in [1.82, 2.24) is 15.2 Å². The van der Waals surface area contributed by atoms with E-state index in [9.17, 15) is 13.2 Å². The summed E-state index contributed by atoms with van der Waals surface area (Å²) in [6.07, 6.45) is -3.16. The number of methoxy groups -OCH3 is 2. The summed E-state index contributed by atoms with van der Waals surface area (Å²) in [4.78, 5) is 4.15. The minimum absolute atomic E-state index is 0.0813. The highest BCUT2D eigenvalue weighted by molar-refractivity contribution is 5.63. The zero-order valence-corrected chi connectivity index (χ0v) is 14.9. The largest absolute Gasteiger partial charge is 0.493 e. The Morgan fingerprint density at radius 1 is 0.929 bits per heavy atom. The third kappa shape index (κ3) is 4.40. The molecule has 0 aliphatic rings. The van der Waals surface area contributed by atoms with Crippen molar-refractivity contribution in [2.45, 2.75) is 6.18 Å². The maximum absolute atomic E-state index is 13.1. The maximum Gasteiger partial charge on any atom is 0.418 e. The number of hydrogen-bond donors (Lipinski definition) is 2. The van der Waals surface area contributed by atoms with Crippen molar-refractivity contribution >= 4 is 23.1 Å². The fraction of sp³-hybridized carbons (Fsp3) is 0.167. The lowest BCUT2D eigenvalue weighted by Gasteiger charge is -2.14. The topological polar surface area (TPSA) is 81.2 Å². The number of para-hydroxylation sites is 1. The van der Waals surface area contributed by atoms with E-state index in [0.717, 1.165) is 6.07 Å². The van der Waals surface area contributed by atoms with Crippen LogP contribution in [0.5, 0.6) is 11.5 Å². The van der Waals surface area contributed by atoms with Gasteiger partial charge >= 0.3 is 6.18 Å². The van der Waals surface area contributed by atoms with Crippen LogP contribution < -0.4 is 20.1 Å². The van der Waals surface area contributed by atoms with Crippen molar-refractivity contribution in [3.8, 4) is 11.5 Å². The third-order valence-corrected chi connectivity index (χ3v) is 3.69. The Balaban J connectivity index is 1.82. The van der Waals surface area contributed by atoms with Gasteiger partial charge < -0.3 is 20.1 Å². The van der Waals surface area contributed by atoms with E-state index in [1.165, 1.54) is 38.6 Å². The summed E-state index contributed by atoms with van der Waals surface area (Å²) in [6, 6.07) is 10.2. The number of ether oxygens (including phenoxy) is 2. The van der Waals surface area contributed by atoms with E-state index < -0.39 is 11.7 Å². The Morgan fingerprint density at radius 3 is 2.39 bits per heavy atom. The Hall–Kier alpha value is -3.56. The SMILES string of the molecule is COc1ccc(Nc2cnnc(Nc3ccccc3C(F)(F)F)n2)cc1OC. The molecule has 1 heterocycles. The number of hydrogen-bond acceptors (Lipinski definition) is 7. The lowest BCUT2D eigenvalue weighted by atomic mass is 10.1. The normalized spacial score (nSPS) is 11.0. The average molecular weight is 391 g/mol. The molecule has 2 N–H and O–H groups in total. The van der Waals surface area contributed by atoms with E-state index in [2.05, 4.69) is 25.8 Å². The highest BCUT2D eigenvalue weighted by atomic mass is 19.4. The molecule has 3 aromatic rings. The summed E-state index contributed by atoms with van der Waals surface area (Å²) in [5, 5.41) is 13.1. The van der Waals surface area contributed by atoms with Crippen molar-refractivity contribution < 1.29 is 22.6 Å². The average Bonchev–Trinajstić information content (AvgIpc) is 2.68. The van der Waals surface area contributed by atoms with Gasteiger partial charge in [-0.25, -0.2) is 0 Å². The van der Waals surface area contributed by atoms with Gasteiger partial charge in [-0.2, -0.15) is 23.3 Å². The lowest BCUT2D eigenvalue weighted by Crippen LogP contribution is -2.10. The van der Waals surface area contributed by atoms with Crippen molar-refractivity contribution in [1.29, 1.82) is 0 Å². The fourth-order valence-corrected chi connectivity index (χ4v) is 2.44. The molecule has 2 aromatic carbocycles. The van der Waals surface area contributed by atoms with Crippen LogP contribution in [0.1, 0.15) is 5.56 Å². The molecule has 3 rings (SSSR count). The molecule has 0 saturated carbocycles. The quantitative estimate of drug-likeness (QED) is 0.645. The molecule has 10 heteroatoms. The van der Waals surface area contributed by atoms with Crippen LogP contribution in [0.3, 0.4) is 0 Å². The second kappa shape index (κ2) is 7.99. The van der Waals surface area contributed by atoms with Crippen LogP contribution in [0.15, 0.2) is 48.7 Å². The van der Waals surface area contributed by atoms with Gasteiger partial charge in [0.15, 0.2) is 17.3 Å². The van der Waals surface area contributed by atoms with Gasteiger partial charge in [-0.3, -0.25) is 0 Å². The Morgan fingerprint density at radius 2 is 1.68 bits per heavy atom. The predicted molar refractivity (Wildman–Crippen MR) is 97.4 cm³/mol. The number of benzene rings is 2. The summed E-state index contributed by atoms with van der Waals surface area (Å²) in [6.45, 7) is 0. The Labute approximate surface area is 158 Å². The van der Waals surface area contributed by atoms with E-state index in [4.69, 9.17) is 9.47 Å². The molecule has 28 heavy (non-hydrogen) atoms. The molecular formula is C18H16F3N5O2. The van der Waals surface area contributed by atoms with Gasteiger partial charge in [0.1, 0.15) is 0 Å². The molecule has 0 spiro atoms. The number of nitrogens with zero attached hydrogens (tertiary/aromatic N) is 3. The van der Waals surface area contributed by atoms with Gasteiger partial charge in [0.05, 0.1) is 31.7 Å². The zero-order valence-electron chi connectivity index (χ0n) is 14.9. The minimum Gasteiger partial charge on any atom is -0.493 e. The number of aromatic nitrogens is 3. The van der Waals surface area contributed by atoms with Gasteiger partial charge in [-0.15, -0.1) is 5.10 Å². The Kier molecular flexibility index (Phi) is 5.48. The van der Waals surface area contributed by atoms with Crippen molar-refractivity contribution in [3.05, 3.63) is 54.2 Å². The lowest BCUT2D eigenvalue weighted by molar-refractivity contribution is -0.136. The van der Waals surface area contributed by atoms with E-state index >= 15 is 0 Å². The summed E-state index contributed by atoms with van der Waals surface area (Å²) < 4.78 is 49.8. The predicted octanol–water partition coefficient (Wildman–Crippen LogP) is 4.39. The van der Waals surface area contributed by atoms with Gasteiger partial charge in [-0.1, -0.05) is 12.1 Å². The van der Waals surface area contributed by atoms with E-state index in [1.54, 1.807) is 18.2 Å². The fourth-order valence-electron chi connectivity index (χ4n) is 2.44. The molecule has 0 atom stereocenters. The van der Waals surface area contributed by atoms with Crippen LogP contribution in [-0.2, 0) is 6.18 Å². The number of nitrogens with one attached hydrogen (secondary N) is 2. The van der Waals surface area contributed by atoms with Gasteiger partial charge in [0.2, 0.25) is 5.95 Å². The van der Waals surface area contributed by atoms with E-state index in [0.29, 0.717) is 17.2 Å². The van der Waals surface area contributed by atoms with Gasteiger partial charge in [0, 0.05) is 11.8 Å². The molecule has 0 unspecified atom stereocenters. The summed E-state index contributed by atoms with van der Waals surface area (Å²) >= 11 is 0. The van der Waals surface area contributed by atoms with Crippen LogP contribution >= 0.6 is 0 Å². The van der Waals surface area contributed by atoms with Crippen LogP contribution in [0.25, 0.3) is 0 Å². The molecule has 0 aliphatic carbocycles. The van der Waals surface area contributed by atoms with E-state index in [-0.39, 0.29) is 17.5 Å². The van der Waals surface area contributed by atoms with Gasteiger partial charge in [-0.05, 0) is 24.3 Å². The summed E-state index contributed by atoms with van der Waals surface area (Å²) in [5.41, 5.74) is -0.364. The van der Waals surface area contributed by atoms with E-state index in [1.807, 2.05) is 0 Å². The van der Waals surface area contributed by atoms with Crippen LogP contribution in [0.2, 0.25) is 0 Å². The second-order valence-electron chi connectivity index (χ2n) is 5.53. The first-order chi connectivity index (χ1) is 13.4. The first kappa shape index (κ1) is 19.2. The number of rotatable bonds is 6. The maximum atomic E-state index is 13.1. The molecule has 0 aliphatic heterocycles. The standard InChI is InChI=1S/C18H16F3N5O2/c1-27-14-8-7-11(9-15(14)28-2)23-16-10-22-26-17(25-16)24-13-6-4-3-5-12(13)18(19,20)21/h3-10H,1-2H3,(H2,23,24,25,26). The smallest absolute Gasteiger partial charge is 0.418 e. The first-order valence-electron chi connectivity index (χ1n) is 8.02. The molecule has 0 saturated heterocycles. The summed E-state index contributed by atoms with van der Waals surface area (Å²) in [5.74, 6) is 1.27. The third-order valence-electron chi connectivity index (χ3n) is 3.69. The molecule has 146 valence electrons. The number of halogens is 3. The monoisotopic (exact) mass is 391 g/mol. The molecule has 7 nitrogen and oxygen atoms in total. The highest BCUT2D eigenvalue weighted by Gasteiger charge is 2.33. The van der Waals surface area contributed by atoms with Crippen LogP contribution in [0.4, 0.5) is 36.3 Å². The molecule has 1 aromatic heterocycles. The second-order valence-corrected chi connectivity index (χ2v) is 5.53. The molecule has 0 bridgehead atoms. The number of anilines is 4. The zero-order chi connectivity index (χ0) is 20.1. The van der Waals surface area contributed by atoms with Crippen LogP contribution in [-0.4, -0.2) is 29.4 Å². The molecule has 0 fully saturated rings. The van der Waals surface area contributed by atoms with Crippen LogP contribution in [0, 0.1) is 0 Å². The Bertz CT molecular complexity index is 966. The van der Waals surface area contributed by atoms with Crippen molar-refractivity contribution in [2.24, 2.45) is 0 Å². The summed E-state index contributed by atoms with van der Waals surface area (Å²) in [7, 11) is 3.03. The molecule has 0 radical (unpaired) electrons. The molecule has 0 amide bonds. The first-order valence-corrected chi connectivity index (χ1v) is 8.02. The minimum atomic E-state index is -4.51. The number of alkyl halides is 3. The van der Waals surface area contributed by atoms with Gasteiger partial charge in [0.25, 0.3) is 0 Å². The van der Waals surface area contributed by atoms with Crippen molar-refractivity contribution in [3.63, 3.8) is 0 Å².